The second kappa shape index (κ2) is 18.6. The van der Waals surface area contributed by atoms with Gasteiger partial charge in [0.25, 0.3) is 5.85 Å². The molecule has 1 unspecified atom stereocenters. The van der Waals surface area contributed by atoms with Crippen molar-refractivity contribution in [3.63, 3.8) is 0 Å². The fraction of sp³-hybridized carbons (Fsp3) is 0.543. The average molecular weight is 599 g/mol. The van der Waals surface area contributed by atoms with Crippen LogP contribution in [0.1, 0.15) is 55.2 Å². The van der Waals surface area contributed by atoms with Crippen LogP contribution in [0.25, 0.3) is 0 Å². The zero-order valence-corrected chi connectivity index (χ0v) is 26.7. The normalized spacial score (nSPS) is 16.4. The van der Waals surface area contributed by atoms with E-state index in [-0.39, 0.29) is 12.2 Å². The molecule has 0 spiro atoms. The predicted molar refractivity (Wildman–Crippen MR) is 171 cm³/mol. The lowest BCUT2D eigenvalue weighted by Gasteiger charge is -2.29. The van der Waals surface area contributed by atoms with E-state index in [9.17, 15) is 4.39 Å². The summed E-state index contributed by atoms with van der Waals surface area (Å²) in [6, 6.07) is 12.4. The molecule has 0 bridgehead atoms. The van der Waals surface area contributed by atoms with Gasteiger partial charge in [0, 0.05) is 19.1 Å². The van der Waals surface area contributed by atoms with Gasteiger partial charge in [0.05, 0.1) is 28.4 Å². The molecule has 0 aromatic heterocycles. The van der Waals surface area contributed by atoms with E-state index in [2.05, 4.69) is 28.8 Å². The molecule has 0 heterocycles. The number of allylic oxidation sites excluding steroid dienone is 2. The van der Waals surface area contributed by atoms with Crippen molar-refractivity contribution in [3.8, 4) is 17.2 Å². The van der Waals surface area contributed by atoms with Gasteiger partial charge >= 0.3 is 0 Å². The highest BCUT2D eigenvalue weighted by Gasteiger charge is 2.38. The first kappa shape index (κ1) is 34.4. The largest absolute Gasteiger partial charge is 0.497 e. The molecule has 1 aliphatic rings. The number of hydrogen-bond donors (Lipinski definition) is 2. The molecule has 2 aromatic carbocycles. The van der Waals surface area contributed by atoms with E-state index >= 15 is 0 Å². The number of aryl methyl sites for hydroxylation is 1. The van der Waals surface area contributed by atoms with Crippen LogP contribution in [0, 0.1) is 0 Å². The number of methoxy groups -OCH3 is 5. The van der Waals surface area contributed by atoms with Gasteiger partial charge in [-0.25, -0.2) is 4.39 Å². The molecule has 2 aromatic rings. The minimum absolute atomic E-state index is 0.217. The minimum Gasteiger partial charge on any atom is -0.497 e. The Morgan fingerprint density at radius 3 is 2.12 bits per heavy atom. The van der Waals surface area contributed by atoms with E-state index < -0.39 is 5.85 Å². The van der Waals surface area contributed by atoms with E-state index in [1.54, 1.807) is 27.4 Å². The number of ether oxygens (including phenoxy) is 5. The topological polar surface area (TPSA) is 70.2 Å². The Kier molecular flexibility index (Phi) is 14.9. The van der Waals surface area contributed by atoms with Crippen LogP contribution in [-0.4, -0.2) is 67.6 Å². The van der Waals surface area contributed by atoms with Crippen LogP contribution < -0.4 is 24.8 Å². The summed E-state index contributed by atoms with van der Waals surface area (Å²) in [6.07, 6.45) is 12.0. The van der Waals surface area contributed by atoms with Crippen LogP contribution in [0.15, 0.2) is 59.9 Å². The lowest BCUT2D eigenvalue weighted by Crippen LogP contribution is -2.32. The van der Waals surface area contributed by atoms with Crippen molar-refractivity contribution in [2.45, 2.75) is 63.6 Å². The van der Waals surface area contributed by atoms with E-state index in [4.69, 9.17) is 23.7 Å². The van der Waals surface area contributed by atoms with Crippen molar-refractivity contribution in [3.05, 3.63) is 76.6 Å². The molecule has 0 amide bonds. The molecule has 1 aliphatic carbocycles. The van der Waals surface area contributed by atoms with Crippen LogP contribution in [0.2, 0.25) is 0 Å². The number of unbranched alkanes of at least 4 members (excludes halogenated alkanes) is 3. The van der Waals surface area contributed by atoms with Gasteiger partial charge in [0.15, 0.2) is 17.3 Å². The summed E-state index contributed by atoms with van der Waals surface area (Å²) in [4.78, 5) is 0. The number of rotatable bonds is 21. The van der Waals surface area contributed by atoms with E-state index in [1.807, 2.05) is 24.3 Å². The summed E-state index contributed by atoms with van der Waals surface area (Å²) in [6.45, 7) is 3.74. The van der Waals surface area contributed by atoms with Crippen LogP contribution in [0.5, 0.6) is 17.2 Å². The molecule has 238 valence electrons. The van der Waals surface area contributed by atoms with Gasteiger partial charge in [0.2, 0.25) is 0 Å². The smallest absolute Gasteiger partial charge is 0.270 e. The molecular weight excluding hydrogens is 547 g/mol. The summed E-state index contributed by atoms with van der Waals surface area (Å²) in [5.74, 6) is 0.850. The van der Waals surface area contributed by atoms with Gasteiger partial charge in [-0.15, -0.1) is 0 Å². The third-order valence-electron chi connectivity index (χ3n) is 8.03. The Labute approximate surface area is 257 Å². The summed E-state index contributed by atoms with van der Waals surface area (Å²) in [5.41, 5.74) is 4.76. The summed E-state index contributed by atoms with van der Waals surface area (Å²) in [5, 5.41) is 7.10. The number of alkyl halides is 1. The lowest BCUT2D eigenvalue weighted by atomic mass is 9.96. The van der Waals surface area contributed by atoms with Crippen LogP contribution in [0.4, 0.5) is 4.39 Å². The highest BCUT2D eigenvalue weighted by atomic mass is 19.2. The van der Waals surface area contributed by atoms with E-state index in [0.29, 0.717) is 0 Å². The molecule has 0 radical (unpaired) electrons. The fourth-order valence-electron chi connectivity index (χ4n) is 5.53. The lowest BCUT2D eigenvalue weighted by molar-refractivity contribution is -0.120. The average Bonchev–Trinajstić information content (AvgIpc) is 3.04. The molecule has 43 heavy (non-hydrogen) atoms. The molecule has 7 nitrogen and oxygen atoms in total. The molecule has 2 N–H and O–H groups in total. The summed E-state index contributed by atoms with van der Waals surface area (Å²) in [7, 11) is 7.95. The third-order valence-corrected chi connectivity index (χ3v) is 8.03. The summed E-state index contributed by atoms with van der Waals surface area (Å²) < 4.78 is 41.8. The van der Waals surface area contributed by atoms with Crippen molar-refractivity contribution in [1.82, 2.24) is 10.6 Å². The van der Waals surface area contributed by atoms with Crippen LogP contribution in [0.3, 0.4) is 0 Å². The molecule has 0 saturated carbocycles. The van der Waals surface area contributed by atoms with Crippen LogP contribution in [-0.2, 0) is 28.7 Å². The number of halogens is 1. The minimum atomic E-state index is -1.85. The SMILES string of the molecule is COC1=CC=C(CCNCCCCCCNCCc2ccc(OC)c(OC)c2CCc2cccc(OC)c2)CC1(F)OC. The molecule has 3 rings (SSSR count). The Hall–Kier alpha value is -3.07. The van der Waals surface area contributed by atoms with E-state index in [0.717, 1.165) is 87.5 Å². The maximum atomic E-state index is 14.8. The molecule has 8 heteroatoms. The van der Waals surface area contributed by atoms with Crippen molar-refractivity contribution >= 4 is 0 Å². The number of nitrogens with one attached hydrogen (secondary N) is 2. The first-order chi connectivity index (χ1) is 21.0. The molecule has 1 atom stereocenters. The van der Waals surface area contributed by atoms with Crippen molar-refractivity contribution < 1.29 is 28.1 Å². The van der Waals surface area contributed by atoms with Gasteiger partial charge in [-0.1, -0.05) is 42.7 Å². The highest BCUT2D eigenvalue weighted by molar-refractivity contribution is 5.51. The van der Waals surface area contributed by atoms with Crippen LogP contribution >= 0.6 is 0 Å². The van der Waals surface area contributed by atoms with E-state index in [1.165, 1.54) is 43.8 Å². The quantitative estimate of drug-likeness (QED) is 0.163. The van der Waals surface area contributed by atoms with Gasteiger partial charge < -0.3 is 34.3 Å². The molecular formula is C35H51FN2O5. The number of hydrogen-bond acceptors (Lipinski definition) is 7. The standard InChI is InChI=1S/C35H51FN2O5/c1-39-30-12-10-11-27(25-30)13-16-31-29(15-17-32(40-2)34(31)42-4)20-24-38-22-9-7-6-8-21-37-23-19-28-14-18-33(41-3)35(36,26-28)43-5/h10-12,14-15,17-18,25,37-38H,6-9,13,16,19-24,26H2,1-5H3. The second-order valence-electron chi connectivity index (χ2n) is 10.9. The second-order valence-corrected chi connectivity index (χ2v) is 10.9. The predicted octanol–water partition coefficient (Wildman–Crippen LogP) is 6.34. The first-order valence-corrected chi connectivity index (χ1v) is 15.4. The fourth-order valence-corrected chi connectivity index (χ4v) is 5.53. The van der Waals surface area contributed by atoms with Crippen molar-refractivity contribution in [2.75, 3.05) is 61.7 Å². The highest BCUT2D eigenvalue weighted by Crippen LogP contribution is 2.36. The zero-order valence-electron chi connectivity index (χ0n) is 26.7. The summed E-state index contributed by atoms with van der Waals surface area (Å²) >= 11 is 0. The Balaban J connectivity index is 1.32. The van der Waals surface area contributed by atoms with Crippen molar-refractivity contribution in [2.24, 2.45) is 0 Å². The first-order valence-electron chi connectivity index (χ1n) is 15.4. The van der Waals surface area contributed by atoms with Gasteiger partial charge in [-0.3, -0.25) is 0 Å². The Morgan fingerprint density at radius 2 is 1.47 bits per heavy atom. The monoisotopic (exact) mass is 598 g/mol. The number of benzene rings is 2. The molecule has 0 fully saturated rings. The Morgan fingerprint density at radius 1 is 0.721 bits per heavy atom. The van der Waals surface area contributed by atoms with Gasteiger partial charge in [-0.2, -0.15) is 0 Å². The Bertz CT molecular complexity index is 1180. The maximum Gasteiger partial charge on any atom is 0.270 e. The molecule has 0 saturated heterocycles. The third kappa shape index (κ3) is 10.6. The van der Waals surface area contributed by atoms with Crippen molar-refractivity contribution in [1.29, 1.82) is 0 Å². The van der Waals surface area contributed by atoms with Gasteiger partial charge in [0.1, 0.15) is 5.75 Å². The van der Waals surface area contributed by atoms with Gasteiger partial charge in [-0.05, 0) is 100 Å². The zero-order chi connectivity index (χ0) is 30.9. The maximum absolute atomic E-state index is 14.8. The molecule has 0 aliphatic heterocycles.